The van der Waals surface area contributed by atoms with Gasteiger partial charge in [-0.15, -0.1) is 0 Å². The SMILES string of the molecule is CS(=O)(=O)c1ccc2nn(-c3ccc(CN4Cc5ccccc5C4)cc3C#N)cc2c1. The molecule has 0 unspecified atom stereocenters. The van der Waals surface area contributed by atoms with Crippen LogP contribution in [0.1, 0.15) is 22.3 Å². The zero-order valence-corrected chi connectivity index (χ0v) is 17.8. The number of aromatic nitrogens is 2. The van der Waals surface area contributed by atoms with Gasteiger partial charge in [0.25, 0.3) is 0 Å². The monoisotopic (exact) mass is 428 g/mol. The van der Waals surface area contributed by atoms with Gasteiger partial charge in [-0.25, -0.2) is 13.1 Å². The minimum Gasteiger partial charge on any atom is -0.291 e. The molecule has 1 aromatic heterocycles. The zero-order chi connectivity index (χ0) is 21.6. The lowest BCUT2D eigenvalue weighted by Crippen LogP contribution is -2.15. The molecule has 0 saturated heterocycles. The molecule has 0 saturated carbocycles. The first kappa shape index (κ1) is 19.5. The predicted octanol–water partition coefficient (Wildman–Crippen LogP) is 3.82. The van der Waals surface area contributed by atoms with E-state index in [2.05, 4.69) is 40.3 Å². The van der Waals surface area contributed by atoms with Crippen LogP contribution < -0.4 is 0 Å². The Balaban J connectivity index is 1.44. The molecule has 1 aliphatic rings. The van der Waals surface area contributed by atoms with Crippen molar-refractivity contribution in [1.82, 2.24) is 14.7 Å². The molecule has 7 heteroatoms. The number of nitriles is 1. The maximum absolute atomic E-state index is 11.8. The van der Waals surface area contributed by atoms with Crippen molar-refractivity contribution in [2.75, 3.05) is 6.26 Å². The van der Waals surface area contributed by atoms with Gasteiger partial charge < -0.3 is 0 Å². The maximum atomic E-state index is 11.8. The van der Waals surface area contributed by atoms with Crippen LogP contribution in [0.5, 0.6) is 0 Å². The van der Waals surface area contributed by atoms with E-state index in [0.717, 1.165) is 25.2 Å². The summed E-state index contributed by atoms with van der Waals surface area (Å²) in [6.07, 6.45) is 2.95. The second-order valence-electron chi connectivity index (χ2n) is 7.94. The zero-order valence-electron chi connectivity index (χ0n) is 17.0. The number of hydrogen-bond acceptors (Lipinski definition) is 5. The van der Waals surface area contributed by atoms with E-state index in [9.17, 15) is 13.7 Å². The molecule has 0 amide bonds. The van der Waals surface area contributed by atoms with E-state index in [1.54, 1.807) is 29.1 Å². The van der Waals surface area contributed by atoms with E-state index in [1.165, 1.54) is 17.4 Å². The lowest BCUT2D eigenvalue weighted by molar-refractivity contribution is 0.275. The van der Waals surface area contributed by atoms with Gasteiger partial charge >= 0.3 is 0 Å². The lowest BCUT2D eigenvalue weighted by Gasteiger charge is -2.15. The minimum atomic E-state index is -3.29. The normalized spacial score (nSPS) is 13.9. The first-order chi connectivity index (χ1) is 14.9. The molecule has 0 aliphatic carbocycles. The van der Waals surface area contributed by atoms with E-state index >= 15 is 0 Å². The molecule has 0 atom stereocenters. The molecular formula is C24H20N4O2S. The summed E-state index contributed by atoms with van der Waals surface area (Å²) in [7, 11) is -3.29. The Labute approximate surface area is 180 Å². The number of hydrogen-bond donors (Lipinski definition) is 0. The number of benzene rings is 3. The highest BCUT2D eigenvalue weighted by Crippen LogP contribution is 2.26. The molecule has 3 aromatic carbocycles. The van der Waals surface area contributed by atoms with Crippen molar-refractivity contribution in [3.63, 3.8) is 0 Å². The van der Waals surface area contributed by atoms with E-state index in [-0.39, 0.29) is 4.90 Å². The van der Waals surface area contributed by atoms with E-state index < -0.39 is 9.84 Å². The Morgan fingerprint density at radius 1 is 1.03 bits per heavy atom. The van der Waals surface area contributed by atoms with Gasteiger partial charge in [-0.1, -0.05) is 30.3 Å². The predicted molar refractivity (Wildman–Crippen MR) is 118 cm³/mol. The second-order valence-corrected chi connectivity index (χ2v) is 9.96. The van der Waals surface area contributed by atoms with Crippen molar-refractivity contribution in [3.05, 3.63) is 89.1 Å². The third-order valence-corrected chi connectivity index (χ3v) is 6.75. The van der Waals surface area contributed by atoms with Gasteiger partial charge in [0.05, 0.1) is 21.7 Å². The lowest BCUT2D eigenvalue weighted by atomic mass is 10.1. The van der Waals surface area contributed by atoms with Crippen molar-refractivity contribution >= 4 is 20.7 Å². The number of sulfone groups is 1. The molecule has 2 heterocycles. The molecule has 4 aromatic rings. The molecule has 6 nitrogen and oxygen atoms in total. The highest BCUT2D eigenvalue weighted by molar-refractivity contribution is 7.90. The van der Waals surface area contributed by atoms with Crippen LogP contribution in [0.2, 0.25) is 0 Å². The Bertz CT molecular complexity index is 1440. The van der Waals surface area contributed by atoms with E-state index in [4.69, 9.17) is 0 Å². The molecular weight excluding hydrogens is 408 g/mol. The molecule has 1 aliphatic heterocycles. The molecule has 0 radical (unpaired) electrons. The summed E-state index contributed by atoms with van der Waals surface area (Å²) in [6.45, 7) is 2.59. The Morgan fingerprint density at radius 2 is 1.77 bits per heavy atom. The largest absolute Gasteiger partial charge is 0.291 e. The number of fused-ring (bicyclic) bond motifs is 2. The molecule has 5 rings (SSSR count). The summed E-state index contributed by atoms with van der Waals surface area (Å²) in [5.41, 5.74) is 5.67. The first-order valence-electron chi connectivity index (χ1n) is 9.93. The third-order valence-electron chi connectivity index (χ3n) is 5.64. The van der Waals surface area contributed by atoms with Crippen LogP contribution in [-0.2, 0) is 29.5 Å². The summed E-state index contributed by atoms with van der Waals surface area (Å²) in [4.78, 5) is 2.61. The van der Waals surface area contributed by atoms with Crippen molar-refractivity contribution in [2.45, 2.75) is 24.5 Å². The summed E-state index contributed by atoms with van der Waals surface area (Å²) >= 11 is 0. The van der Waals surface area contributed by atoms with Gasteiger partial charge in [-0.2, -0.15) is 10.4 Å². The van der Waals surface area contributed by atoms with E-state index in [1.807, 2.05) is 18.2 Å². The summed E-state index contributed by atoms with van der Waals surface area (Å²) in [5, 5.41) is 15.0. The minimum absolute atomic E-state index is 0.252. The standard InChI is InChI=1S/C24H20N4O2S/c1-31(29,30)22-7-8-23-21(11-22)16-28(26-23)24-9-6-17(10-20(24)12-25)13-27-14-18-4-2-3-5-19(18)15-27/h2-11,16H,13-15H2,1H3. The quantitative estimate of drug-likeness (QED) is 0.494. The van der Waals surface area contributed by atoms with Gasteiger partial charge in [-0.05, 0) is 47.0 Å². The fourth-order valence-electron chi connectivity index (χ4n) is 4.10. The molecule has 0 spiro atoms. The summed E-state index contributed by atoms with van der Waals surface area (Å²) < 4.78 is 25.3. The topological polar surface area (TPSA) is 79.0 Å². The molecule has 0 N–H and O–H groups in total. The first-order valence-corrected chi connectivity index (χ1v) is 11.8. The number of rotatable bonds is 4. The average Bonchev–Trinajstić information content (AvgIpc) is 3.35. The smallest absolute Gasteiger partial charge is 0.175 e. The van der Waals surface area contributed by atoms with Crippen LogP contribution in [0.25, 0.3) is 16.6 Å². The van der Waals surface area contributed by atoms with Gasteiger partial charge in [0.15, 0.2) is 9.84 Å². The average molecular weight is 429 g/mol. The van der Waals surface area contributed by atoms with Crippen LogP contribution >= 0.6 is 0 Å². The van der Waals surface area contributed by atoms with Crippen molar-refractivity contribution < 1.29 is 8.42 Å². The van der Waals surface area contributed by atoms with Crippen LogP contribution in [0.3, 0.4) is 0 Å². The summed E-state index contributed by atoms with van der Waals surface area (Å²) in [5.74, 6) is 0. The van der Waals surface area contributed by atoms with Crippen LogP contribution in [-0.4, -0.2) is 29.4 Å². The van der Waals surface area contributed by atoms with Gasteiger partial charge in [0.2, 0.25) is 0 Å². The molecule has 0 bridgehead atoms. The highest BCUT2D eigenvalue weighted by Gasteiger charge is 2.19. The Morgan fingerprint density at radius 3 is 2.45 bits per heavy atom. The van der Waals surface area contributed by atoms with Crippen molar-refractivity contribution in [1.29, 1.82) is 5.26 Å². The van der Waals surface area contributed by atoms with Gasteiger partial charge in [0, 0.05) is 37.5 Å². The van der Waals surface area contributed by atoms with Crippen molar-refractivity contribution in [3.8, 4) is 11.8 Å². The van der Waals surface area contributed by atoms with Gasteiger partial charge in [0.1, 0.15) is 6.07 Å². The second kappa shape index (κ2) is 7.34. The molecule has 0 fully saturated rings. The number of nitrogens with zero attached hydrogens (tertiary/aromatic N) is 4. The third kappa shape index (κ3) is 3.72. The summed E-state index contributed by atoms with van der Waals surface area (Å²) in [6, 6.07) is 21.4. The fraction of sp³-hybridized carbons (Fsp3) is 0.167. The molecule has 154 valence electrons. The maximum Gasteiger partial charge on any atom is 0.175 e. The van der Waals surface area contributed by atoms with Gasteiger partial charge in [-0.3, -0.25) is 4.90 Å². The van der Waals surface area contributed by atoms with Crippen LogP contribution in [0, 0.1) is 11.3 Å². The van der Waals surface area contributed by atoms with Crippen LogP contribution in [0.4, 0.5) is 0 Å². The highest BCUT2D eigenvalue weighted by atomic mass is 32.2. The fourth-order valence-corrected chi connectivity index (χ4v) is 4.76. The Kier molecular flexibility index (Phi) is 4.62. The van der Waals surface area contributed by atoms with E-state index in [0.29, 0.717) is 22.2 Å². The van der Waals surface area contributed by atoms with Crippen molar-refractivity contribution in [2.24, 2.45) is 0 Å². The molecule has 31 heavy (non-hydrogen) atoms. The van der Waals surface area contributed by atoms with Crippen LogP contribution in [0.15, 0.2) is 71.8 Å². The Hall–Kier alpha value is -3.47.